The first-order valence-corrected chi connectivity index (χ1v) is 8.04. The number of aryl methyl sites for hydroxylation is 1. The molecule has 0 aromatic heterocycles. The smallest absolute Gasteiger partial charge is 0.408 e. The van der Waals surface area contributed by atoms with E-state index in [4.69, 9.17) is 4.74 Å². The number of carbonyl (C=O) groups excluding carboxylic acids is 2. The maximum absolute atomic E-state index is 11.9. The minimum atomic E-state index is -0.566. The van der Waals surface area contributed by atoms with Gasteiger partial charge < -0.3 is 15.4 Å². The Morgan fingerprint density at radius 3 is 2.25 bits per heavy atom. The molecular formula is C19H20N2O3. The molecule has 1 saturated heterocycles. The number of nitrogens with one attached hydrogen (secondary N) is 2. The van der Waals surface area contributed by atoms with Crippen molar-refractivity contribution in [1.29, 1.82) is 0 Å². The third kappa shape index (κ3) is 4.13. The van der Waals surface area contributed by atoms with E-state index in [2.05, 4.69) is 22.8 Å². The van der Waals surface area contributed by atoms with Gasteiger partial charge in [0.2, 0.25) is 5.91 Å². The van der Waals surface area contributed by atoms with Crippen molar-refractivity contribution in [3.05, 3.63) is 71.8 Å². The monoisotopic (exact) mass is 324 g/mol. The molecule has 0 radical (unpaired) electrons. The van der Waals surface area contributed by atoms with Crippen LogP contribution in [0.4, 0.5) is 4.79 Å². The largest absolute Gasteiger partial charge is 0.445 e. The minimum absolute atomic E-state index is 0.0537. The molecule has 1 heterocycles. The number of amides is 2. The summed E-state index contributed by atoms with van der Waals surface area (Å²) in [5.74, 6) is -0.162. The molecule has 0 spiro atoms. The lowest BCUT2D eigenvalue weighted by atomic mass is 9.92. The van der Waals surface area contributed by atoms with Crippen LogP contribution in [0.3, 0.4) is 0 Å². The summed E-state index contributed by atoms with van der Waals surface area (Å²) in [5, 5.41) is 5.48. The zero-order chi connectivity index (χ0) is 16.8. The first-order chi connectivity index (χ1) is 11.7. The van der Waals surface area contributed by atoms with Crippen molar-refractivity contribution in [1.82, 2.24) is 10.6 Å². The Morgan fingerprint density at radius 1 is 1.00 bits per heavy atom. The SMILES string of the molecule is O=C(NC1C(=O)NC1CCc1ccccc1)OCc1ccccc1. The molecule has 2 unspecified atom stereocenters. The summed E-state index contributed by atoms with van der Waals surface area (Å²) in [6, 6.07) is 18.9. The van der Waals surface area contributed by atoms with Gasteiger partial charge in [-0.3, -0.25) is 4.79 Å². The summed E-state index contributed by atoms with van der Waals surface area (Å²) in [5.41, 5.74) is 2.12. The van der Waals surface area contributed by atoms with Crippen LogP contribution in [0.25, 0.3) is 0 Å². The number of rotatable bonds is 6. The number of β-lactam (4-membered cyclic amide) rings is 1. The van der Waals surface area contributed by atoms with Crippen LogP contribution in [-0.2, 0) is 22.6 Å². The van der Waals surface area contributed by atoms with E-state index >= 15 is 0 Å². The Kier molecular flexibility index (Phi) is 5.11. The van der Waals surface area contributed by atoms with Gasteiger partial charge in [0.05, 0.1) is 6.04 Å². The molecular weight excluding hydrogens is 304 g/mol. The highest BCUT2D eigenvalue weighted by Gasteiger charge is 2.40. The van der Waals surface area contributed by atoms with Gasteiger partial charge in [-0.05, 0) is 24.0 Å². The van der Waals surface area contributed by atoms with Crippen LogP contribution in [0, 0.1) is 0 Å². The summed E-state index contributed by atoms with van der Waals surface area (Å²) in [7, 11) is 0. The first kappa shape index (κ1) is 16.1. The summed E-state index contributed by atoms with van der Waals surface area (Å²) in [4.78, 5) is 23.6. The number of alkyl carbamates (subject to hydrolysis) is 1. The second-order valence-corrected chi connectivity index (χ2v) is 5.82. The highest BCUT2D eigenvalue weighted by atomic mass is 16.5. The van der Waals surface area contributed by atoms with Crippen LogP contribution in [-0.4, -0.2) is 24.1 Å². The van der Waals surface area contributed by atoms with E-state index in [-0.39, 0.29) is 18.6 Å². The third-order valence-corrected chi connectivity index (χ3v) is 4.09. The summed E-state index contributed by atoms with van der Waals surface area (Å²) >= 11 is 0. The van der Waals surface area contributed by atoms with Crippen molar-refractivity contribution in [2.45, 2.75) is 31.5 Å². The maximum Gasteiger partial charge on any atom is 0.408 e. The Bertz CT molecular complexity index is 688. The molecule has 2 amide bonds. The zero-order valence-electron chi connectivity index (χ0n) is 13.3. The lowest BCUT2D eigenvalue weighted by Crippen LogP contribution is -2.69. The molecule has 24 heavy (non-hydrogen) atoms. The standard InChI is InChI=1S/C19H20N2O3/c22-18-17(16(20-18)12-11-14-7-3-1-4-8-14)21-19(23)24-13-15-9-5-2-6-10-15/h1-10,16-17H,11-13H2,(H,20,22)(H,21,23). The summed E-state index contributed by atoms with van der Waals surface area (Å²) in [6.45, 7) is 0.190. The summed E-state index contributed by atoms with van der Waals surface area (Å²) < 4.78 is 5.16. The van der Waals surface area contributed by atoms with E-state index in [1.54, 1.807) is 0 Å². The topological polar surface area (TPSA) is 67.4 Å². The lowest BCUT2D eigenvalue weighted by Gasteiger charge is -2.36. The number of hydrogen-bond acceptors (Lipinski definition) is 3. The molecule has 3 rings (SSSR count). The molecule has 124 valence electrons. The highest BCUT2D eigenvalue weighted by molar-refractivity contribution is 5.92. The fourth-order valence-corrected chi connectivity index (χ4v) is 2.71. The van der Waals surface area contributed by atoms with Gasteiger partial charge in [-0.2, -0.15) is 0 Å². The molecule has 1 aliphatic rings. The van der Waals surface area contributed by atoms with Gasteiger partial charge in [0, 0.05) is 0 Å². The van der Waals surface area contributed by atoms with Gasteiger partial charge in [-0.25, -0.2) is 4.79 Å². The second-order valence-electron chi connectivity index (χ2n) is 5.82. The Balaban J connectivity index is 1.44. The van der Waals surface area contributed by atoms with E-state index < -0.39 is 12.1 Å². The van der Waals surface area contributed by atoms with Gasteiger partial charge in [0.15, 0.2) is 0 Å². The van der Waals surface area contributed by atoms with Crippen LogP contribution >= 0.6 is 0 Å². The van der Waals surface area contributed by atoms with Crippen LogP contribution < -0.4 is 10.6 Å². The van der Waals surface area contributed by atoms with Crippen LogP contribution in [0.15, 0.2) is 60.7 Å². The fourth-order valence-electron chi connectivity index (χ4n) is 2.71. The van der Waals surface area contributed by atoms with E-state index in [0.29, 0.717) is 0 Å². The van der Waals surface area contributed by atoms with Crippen LogP contribution in [0.5, 0.6) is 0 Å². The first-order valence-electron chi connectivity index (χ1n) is 8.04. The predicted molar refractivity (Wildman–Crippen MR) is 90.2 cm³/mol. The highest BCUT2D eigenvalue weighted by Crippen LogP contribution is 2.14. The second kappa shape index (κ2) is 7.64. The van der Waals surface area contributed by atoms with Crippen molar-refractivity contribution in [3.63, 3.8) is 0 Å². The molecule has 2 atom stereocenters. The van der Waals surface area contributed by atoms with Crippen molar-refractivity contribution >= 4 is 12.0 Å². The average molecular weight is 324 g/mol. The van der Waals surface area contributed by atoms with Crippen molar-refractivity contribution < 1.29 is 14.3 Å². The Labute approximate surface area is 141 Å². The molecule has 0 bridgehead atoms. The van der Waals surface area contributed by atoms with E-state index in [0.717, 1.165) is 18.4 Å². The molecule has 2 N–H and O–H groups in total. The average Bonchev–Trinajstić information content (AvgIpc) is 2.63. The van der Waals surface area contributed by atoms with Crippen molar-refractivity contribution in [3.8, 4) is 0 Å². The zero-order valence-corrected chi connectivity index (χ0v) is 13.3. The van der Waals surface area contributed by atoms with Gasteiger partial charge in [0.25, 0.3) is 0 Å². The molecule has 1 aliphatic heterocycles. The van der Waals surface area contributed by atoms with Crippen LogP contribution in [0.2, 0.25) is 0 Å². The van der Waals surface area contributed by atoms with Crippen LogP contribution in [0.1, 0.15) is 17.5 Å². The Morgan fingerprint density at radius 2 is 1.62 bits per heavy atom. The molecule has 2 aromatic rings. The molecule has 0 aliphatic carbocycles. The Hall–Kier alpha value is -2.82. The molecule has 5 nitrogen and oxygen atoms in total. The molecule has 5 heteroatoms. The summed E-state index contributed by atoms with van der Waals surface area (Å²) in [6.07, 6.45) is 1.06. The fraction of sp³-hybridized carbons (Fsp3) is 0.263. The van der Waals surface area contributed by atoms with Gasteiger partial charge >= 0.3 is 6.09 Å². The van der Waals surface area contributed by atoms with Crippen molar-refractivity contribution in [2.24, 2.45) is 0 Å². The lowest BCUT2D eigenvalue weighted by molar-refractivity contribution is -0.131. The van der Waals surface area contributed by atoms with Crippen molar-refractivity contribution in [2.75, 3.05) is 0 Å². The van der Waals surface area contributed by atoms with E-state index in [9.17, 15) is 9.59 Å². The number of benzene rings is 2. The number of hydrogen-bond donors (Lipinski definition) is 2. The minimum Gasteiger partial charge on any atom is -0.445 e. The maximum atomic E-state index is 11.9. The van der Waals surface area contributed by atoms with Gasteiger partial charge in [0.1, 0.15) is 12.6 Å². The number of carbonyl (C=O) groups is 2. The number of ether oxygens (including phenoxy) is 1. The molecule has 1 fully saturated rings. The normalized spacial score (nSPS) is 19.1. The molecule has 2 aromatic carbocycles. The predicted octanol–water partition coefficient (Wildman–Crippen LogP) is 2.41. The van der Waals surface area contributed by atoms with Gasteiger partial charge in [-0.15, -0.1) is 0 Å². The quantitative estimate of drug-likeness (QED) is 0.802. The van der Waals surface area contributed by atoms with Gasteiger partial charge in [-0.1, -0.05) is 60.7 Å². The third-order valence-electron chi connectivity index (χ3n) is 4.09. The molecule has 0 saturated carbocycles. The van der Waals surface area contributed by atoms with E-state index in [1.165, 1.54) is 5.56 Å². The van der Waals surface area contributed by atoms with E-state index in [1.807, 2.05) is 48.5 Å².